The van der Waals surface area contributed by atoms with E-state index in [4.69, 9.17) is 4.74 Å². The smallest absolute Gasteiger partial charge is 0.348 e. The Bertz CT molecular complexity index is 1110. The molecule has 3 aromatic rings. The SMILES string of the molecule is CCC(O)CSc1ccc(Sc2ccc(SCC(O)COC(=O)c3ccc(C(=O)OC)s3)cc2)cc1. The Labute approximate surface area is 227 Å². The molecule has 0 aliphatic rings. The quantitative estimate of drug-likeness (QED) is 0.196. The van der Waals surface area contributed by atoms with E-state index in [0.717, 1.165) is 37.3 Å². The molecule has 0 aliphatic heterocycles. The molecule has 0 radical (unpaired) electrons. The van der Waals surface area contributed by atoms with Crippen molar-refractivity contribution in [2.45, 2.75) is 45.1 Å². The molecule has 0 fully saturated rings. The van der Waals surface area contributed by atoms with Crippen molar-refractivity contribution in [3.05, 3.63) is 70.4 Å². The molecule has 0 spiro atoms. The van der Waals surface area contributed by atoms with Crippen LogP contribution in [0.2, 0.25) is 0 Å². The zero-order valence-electron chi connectivity index (χ0n) is 19.9. The first-order chi connectivity index (χ1) is 17.4. The topological polar surface area (TPSA) is 93.1 Å². The lowest BCUT2D eigenvalue weighted by molar-refractivity contribution is 0.0310. The summed E-state index contributed by atoms with van der Waals surface area (Å²) in [5.41, 5.74) is 0. The summed E-state index contributed by atoms with van der Waals surface area (Å²) in [5, 5.41) is 19.9. The highest BCUT2D eigenvalue weighted by Gasteiger charge is 2.16. The number of thioether (sulfide) groups is 2. The van der Waals surface area contributed by atoms with Crippen molar-refractivity contribution < 1.29 is 29.3 Å². The molecule has 0 aliphatic carbocycles. The molecule has 0 amide bonds. The lowest BCUT2D eigenvalue weighted by Gasteiger charge is -2.11. The third-order valence-electron chi connectivity index (χ3n) is 4.84. The van der Waals surface area contributed by atoms with Gasteiger partial charge in [-0.05, 0) is 67.1 Å². The number of carbonyl (C=O) groups is 2. The van der Waals surface area contributed by atoms with Crippen LogP contribution in [-0.4, -0.2) is 59.6 Å². The molecule has 192 valence electrons. The van der Waals surface area contributed by atoms with Gasteiger partial charge in [-0.25, -0.2) is 9.59 Å². The highest BCUT2D eigenvalue weighted by Crippen LogP contribution is 2.31. The van der Waals surface area contributed by atoms with E-state index in [1.165, 1.54) is 31.0 Å². The maximum atomic E-state index is 12.1. The minimum absolute atomic E-state index is 0.128. The van der Waals surface area contributed by atoms with Gasteiger partial charge in [0.05, 0.1) is 19.3 Å². The highest BCUT2D eigenvalue weighted by molar-refractivity contribution is 8.00. The fourth-order valence-corrected chi connectivity index (χ4v) is 6.19. The van der Waals surface area contributed by atoms with Crippen molar-refractivity contribution in [1.29, 1.82) is 0 Å². The Hall–Kier alpha value is -1.95. The minimum atomic E-state index is -0.817. The number of methoxy groups -OCH3 is 1. The van der Waals surface area contributed by atoms with Crippen LogP contribution in [0.1, 0.15) is 32.7 Å². The second-order valence-corrected chi connectivity index (χ2v) is 12.1. The van der Waals surface area contributed by atoms with Crippen LogP contribution in [0.15, 0.2) is 80.2 Å². The standard InChI is InChI=1S/C26H28O6S4/c1-3-17(27)15-33-19-4-8-21(9-5-19)35-22-10-6-20(7-11-22)34-16-18(28)14-32-26(30)24-13-12-23(36-24)25(29)31-2/h4-13,17-18,27-28H,3,14-16H2,1-2H3. The van der Waals surface area contributed by atoms with Crippen LogP contribution in [0.3, 0.4) is 0 Å². The van der Waals surface area contributed by atoms with Crippen LogP contribution in [0.5, 0.6) is 0 Å². The molecule has 1 heterocycles. The van der Waals surface area contributed by atoms with Crippen molar-refractivity contribution in [2.75, 3.05) is 25.2 Å². The largest absolute Gasteiger partial charge is 0.465 e. The summed E-state index contributed by atoms with van der Waals surface area (Å²) < 4.78 is 9.80. The fourth-order valence-electron chi connectivity index (χ4n) is 2.80. The molecule has 1 aromatic heterocycles. The third-order valence-corrected chi connectivity index (χ3v) is 9.21. The summed E-state index contributed by atoms with van der Waals surface area (Å²) in [6, 6.07) is 19.4. The molecule has 2 aromatic carbocycles. The summed E-state index contributed by atoms with van der Waals surface area (Å²) in [5.74, 6) is -0.00287. The number of aliphatic hydroxyl groups is 2. The van der Waals surface area contributed by atoms with Gasteiger partial charge < -0.3 is 19.7 Å². The third kappa shape index (κ3) is 9.17. The van der Waals surface area contributed by atoms with Crippen LogP contribution in [0.25, 0.3) is 0 Å². The van der Waals surface area contributed by atoms with Crippen molar-refractivity contribution in [1.82, 2.24) is 0 Å². The van der Waals surface area contributed by atoms with Gasteiger partial charge >= 0.3 is 11.9 Å². The Morgan fingerprint density at radius 2 is 1.25 bits per heavy atom. The predicted octanol–water partition coefficient (Wildman–Crippen LogP) is 5.86. The van der Waals surface area contributed by atoms with Crippen LogP contribution >= 0.6 is 46.6 Å². The number of rotatable bonds is 13. The zero-order chi connectivity index (χ0) is 25.9. The normalized spacial score (nSPS) is 12.7. The number of hydrogen-bond acceptors (Lipinski definition) is 10. The molecule has 36 heavy (non-hydrogen) atoms. The first-order valence-corrected chi connectivity index (χ1v) is 14.8. The number of carbonyl (C=O) groups excluding carboxylic acids is 2. The Kier molecular flexibility index (Phi) is 11.7. The average Bonchev–Trinajstić information content (AvgIpc) is 3.41. The summed E-state index contributed by atoms with van der Waals surface area (Å²) in [6.07, 6.45) is -0.328. The van der Waals surface area contributed by atoms with Gasteiger partial charge in [0.25, 0.3) is 0 Å². The number of benzene rings is 2. The molecule has 3 rings (SSSR count). The van der Waals surface area contributed by atoms with Gasteiger partial charge in [0.2, 0.25) is 0 Å². The van der Waals surface area contributed by atoms with E-state index < -0.39 is 18.0 Å². The summed E-state index contributed by atoms with van der Waals surface area (Å²) >= 11 is 5.80. The van der Waals surface area contributed by atoms with Crippen LogP contribution in [0.4, 0.5) is 0 Å². The van der Waals surface area contributed by atoms with E-state index in [1.807, 2.05) is 31.2 Å². The Morgan fingerprint density at radius 3 is 1.75 bits per heavy atom. The van der Waals surface area contributed by atoms with Crippen LogP contribution < -0.4 is 0 Å². The molecule has 2 unspecified atom stereocenters. The van der Waals surface area contributed by atoms with Gasteiger partial charge in [-0.2, -0.15) is 0 Å². The second kappa shape index (κ2) is 14.7. The molecule has 0 saturated heterocycles. The number of esters is 2. The molecule has 0 saturated carbocycles. The van der Waals surface area contributed by atoms with Crippen LogP contribution in [-0.2, 0) is 9.47 Å². The number of hydrogen-bond donors (Lipinski definition) is 2. The number of thiophene rings is 1. The molecule has 10 heteroatoms. The maximum Gasteiger partial charge on any atom is 0.348 e. The first kappa shape index (κ1) is 28.6. The average molecular weight is 565 g/mol. The van der Waals surface area contributed by atoms with E-state index in [0.29, 0.717) is 16.4 Å². The summed E-state index contributed by atoms with van der Waals surface area (Å²) in [4.78, 5) is 28.6. The predicted molar refractivity (Wildman–Crippen MR) is 147 cm³/mol. The Balaban J connectivity index is 1.40. The molecule has 2 N–H and O–H groups in total. The van der Waals surface area contributed by atoms with Crippen molar-refractivity contribution in [3.8, 4) is 0 Å². The molecule has 2 atom stereocenters. The summed E-state index contributed by atoms with van der Waals surface area (Å²) in [6.45, 7) is 1.85. The minimum Gasteiger partial charge on any atom is -0.465 e. The van der Waals surface area contributed by atoms with E-state index in [-0.39, 0.29) is 17.6 Å². The highest BCUT2D eigenvalue weighted by atomic mass is 32.2. The fraction of sp³-hybridized carbons (Fsp3) is 0.308. The Morgan fingerprint density at radius 1 is 0.778 bits per heavy atom. The zero-order valence-corrected chi connectivity index (χ0v) is 23.2. The van der Waals surface area contributed by atoms with Gasteiger partial charge in [-0.1, -0.05) is 18.7 Å². The lowest BCUT2D eigenvalue weighted by Crippen LogP contribution is -2.20. The van der Waals surface area contributed by atoms with E-state index >= 15 is 0 Å². The van der Waals surface area contributed by atoms with E-state index in [2.05, 4.69) is 29.0 Å². The van der Waals surface area contributed by atoms with Crippen molar-refractivity contribution >= 4 is 58.6 Å². The van der Waals surface area contributed by atoms with Gasteiger partial charge in [-0.15, -0.1) is 34.9 Å². The number of aliphatic hydroxyl groups excluding tert-OH is 2. The van der Waals surface area contributed by atoms with Crippen molar-refractivity contribution in [2.24, 2.45) is 0 Å². The van der Waals surface area contributed by atoms with Gasteiger partial charge in [-0.3, -0.25) is 0 Å². The van der Waals surface area contributed by atoms with E-state index in [9.17, 15) is 19.8 Å². The monoisotopic (exact) mass is 564 g/mol. The van der Waals surface area contributed by atoms with Gasteiger partial charge in [0, 0.05) is 31.1 Å². The lowest BCUT2D eigenvalue weighted by atomic mass is 10.3. The van der Waals surface area contributed by atoms with Gasteiger partial charge in [0.1, 0.15) is 16.4 Å². The molecular formula is C26H28O6S4. The van der Waals surface area contributed by atoms with Gasteiger partial charge in [0.15, 0.2) is 0 Å². The molecule has 0 bridgehead atoms. The first-order valence-electron chi connectivity index (χ1n) is 11.2. The van der Waals surface area contributed by atoms with E-state index in [1.54, 1.807) is 23.5 Å². The van der Waals surface area contributed by atoms with Crippen LogP contribution in [0, 0.1) is 0 Å². The number of ether oxygens (including phenoxy) is 2. The second-order valence-electron chi connectivity index (χ2n) is 7.64. The molecular weight excluding hydrogens is 537 g/mol. The molecule has 6 nitrogen and oxygen atoms in total. The van der Waals surface area contributed by atoms with Crippen molar-refractivity contribution in [3.63, 3.8) is 0 Å². The maximum absolute atomic E-state index is 12.1. The summed E-state index contributed by atoms with van der Waals surface area (Å²) in [7, 11) is 1.28.